The van der Waals surface area contributed by atoms with Gasteiger partial charge in [0.05, 0.1) is 0 Å². The lowest BCUT2D eigenvalue weighted by Crippen LogP contribution is -2.53. The number of fused-ring (bicyclic) bond motifs is 1. The highest BCUT2D eigenvalue weighted by Crippen LogP contribution is 2.67. The van der Waals surface area contributed by atoms with E-state index in [1.807, 2.05) is 0 Å². The van der Waals surface area contributed by atoms with Crippen LogP contribution in [-0.2, 0) is 9.59 Å². The number of carbonyl (C=O) groups is 2. The summed E-state index contributed by atoms with van der Waals surface area (Å²) >= 11 is 0. The van der Waals surface area contributed by atoms with Crippen LogP contribution in [0.3, 0.4) is 0 Å². The average Bonchev–Trinajstić information content (AvgIpc) is 2.66. The van der Waals surface area contributed by atoms with E-state index in [2.05, 4.69) is 27.0 Å². The van der Waals surface area contributed by atoms with Gasteiger partial charge < -0.3 is 5.11 Å². The van der Waals surface area contributed by atoms with Crippen LogP contribution < -0.4 is 0 Å². The molecule has 2 bridgehead atoms. The minimum Gasteiger partial charge on any atom is -0.481 e. The number of aliphatic carboxylic acids is 1. The van der Waals surface area contributed by atoms with E-state index in [0.717, 1.165) is 43.3 Å². The normalized spacial score (nSPS) is 42.4. The monoisotopic (exact) mass is 316 g/mol. The number of carbonyl (C=O) groups excluding carboxylic acids is 1. The number of carboxylic acid groups (broad SMARTS) is 1. The van der Waals surface area contributed by atoms with Gasteiger partial charge in [-0.1, -0.05) is 25.7 Å². The average molecular weight is 316 g/mol. The minimum atomic E-state index is -0.748. The Hall–Kier alpha value is -1.38. The van der Waals surface area contributed by atoms with Crippen LogP contribution in [-0.4, -0.2) is 16.9 Å². The zero-order valence-corrected chi connectivity index (χ0v) is 14.4. The maximum Gasteiger partial charge on any atom is 0.303 e. The highest BCUT2D eigenvalue weighted by molar-refractivity contribution is 6.03. The highest BCUT2D eigenvalue weighted by atomic mass is 16.4. The molecule has 3 heteroatoms. The van der Waals surface area contributed by atoms with Crippen molar-refractivity contribution in [3.8, 4) is 0 Å². The molecule has 23 heavy (non-hydrogen) atoms. The second-order valence-electron chi connectivity index (χ2n) is 8.38. The molecule has 0 unspecified atom stereocenters. The largest absolute Gasteiger partial charge is 0.481 e. The molecule has 3 rings (SSSR count). The first kappa shape index (κ1) is 16.5. The summed E-state index contributed by atoms with van der Waals surface area (Å²) in [5.41, 5.74) is 1.56. The van der Waals surface area contributed by atoms with Gasteiger partial charge in [-0.3, -0.25) is 9.59 Å². The van der Waals surface area contributed by atoms with Crippen LogP contribution in [0.25, 0.3) is 0 Å². The van der Waals surface area contributed by atoms with Crippen molar-refractivity contribution < 1.29 is 14.7 Å². The van der Waals surface area contributed by atoms with Crippen LogP contribution >= 0.6 is 0 Å². The van der Waals surface area contributed by atoms with Gasteiger partial charge in [0.25, 0.3) is 0 Å². The van der Waals surface area contributed by atoms with Crippen LogP contribution in [0.15, 0.2) is 24.3 Å². The fraction of sp³-hybridized carbons (Fsp3) is 0.700. The van der Waals surface area contributed by atoms with Gasteiger partial charge in [-0.2, -0.15) is 0 Å². The zero-order valence-electron chi connectivity index (χ0n) is 14.4. The molecule has 0 saturated heterocycles. The fourth-order valence-corrected chi connectivity index (χ4v) is 6.24. The summed E-state index contributed by atoms with van der Waals surface area (Å²) in [6, 6.07) is 0. The second kappa shape index (κ2) is 5.32. The van der Waals surface area contributed by atoms with Crippen molar-refractivity contribution in [3.63, 3.8) is 0 Å². The van der Waals surface area contributed by atoms with Crippen LogP contribution in [0.2, 0.25) is 0 Å². The molecule has 0 aromatic rings. The predicted octanol–water partition coefficient (Wildman–Crippen LogP) is 4.39. The topological polar surface area (TPSA) is 54.4 Å². The van der Waals surface area contributed by atoms with E-state index in [1.54, 1.807) is 0 Å². The van der Waals surface area contributed by atoms with E-state index in [4.69, 9.17) is 0 Å². The summed E-state index contributed by atoms with van der Waals surface area (Å²) in [7, 11) is 0. The summed E-state index contributed by atoms with van der Waals surface area (Å²) < 4.78 is 0. The summed E-state index contributed by atoms with van der Waals surface area (Å²) in [4.78, 5) is 24.2. The third-order valence-electron chi connectivity index (χ3n) is 7.26. The molecule has 0 radical (unpaired) electrons. The summed E-state index contributed by atoms with van der Waals surface area (Å²) in [5, 5.41) is 9.20. The van der Waals surface area contributed by atoms with Crippen molar-refractivity contribution in [2.75, 3.05) is 0 Å². The molecule has 0 aromatic heterocycles. The van der Waals surface area contributed by atoms with E-state index in [1.165, 1.54) is 0 Å². The van der Waals surface area contributed by atoms with Crippen molar-refractivity contribution in [3.05, 3.63) is 24.3 Å². The van der Waals surface area contributed by atoms with E-state index in [0.29, 0.717) is 18.3 Å². The Kier molecular flexibility index (Phi) is 3.81. The molecule has 0 aliphatic heterocycles. The van der Waals surface area contributed by atoms with Crippen molar-refractivity contribution in [1.82, 2.24) is 0 Å². The molecule has 0 heterocycles. The van der Waals surface area contributed by atoms with Gasteiger partial charge >= 0.3 is 5.97 Å². The van der Waals surface area contributed by atoms with Gasteiger partial charge in [-0.05, 0) is 74.2 Å². The molecule has 3 fully saturated rings. The lowest BCUT2D eigenvalue weighted by atomic mass is 9.46. The van der Waals surface area contributed by atoms with Crippen molar-refractivity contribution in [2.45, 2.75) is 58.8 Å². The Morgan fingerprint density at radius 2 is 2.04 bits per heavy atom. The number of hydrogen-bond donors (Lipinski definition) is 1. The van der Waals surface area contributed by atoms with Crippen molar-refractivity contribution >= 4 is 11.8 Å². The minimum absolute atomic E-state index is 0.145. The number of rotatable bonds is 4. The Morgan fingerprint density at radius 3 is 2.65 bits per heavy atom. The molecule has 1 spiro atoms. The molecule has 3 aliphatic rings. The van der Waals surface area contributed by atoms with Crippen LogP contribution in [0.4, 0.5) is 0 Å². The lowest BCUT2D eigenvalue weighted by molar-refractivity contribution is -0.144. The Labute approximate surface area is 138 Å². The molecule has 1 N–H and O–H groups in total. The standard InChI is InChI=1S/C20H28O3/c1-12(2)15-7-10-20-11-14(13(3)18(20)23)5-6-16(20)19(15,4)9-8-17(21)22/h14-16H,1,3,5-11H2,2,4H3,(H,21,22)/t14-,15+,16-,19-,20-/m1/s1. The Bertz CT molecular complexity index is 590. The molecule has 3 nitrogen and oxygen atoms in total. The zero-order chi connectivity index (χ0) is 17.0. The summed E-state index contributed by atoms with van der Waals surface area (Å²) in [5.74, 6) is 0.487. The quantitative estimate of drug-likeness (QED) is 0.618. The van der Waals surface area contributed by atoms with Gasteiger partial charge in [0, 0.05) is 11.8 Å². The number of ketones is 1. The third kappa shape index (κ3) is 2.23. The van der Waals surface area contributed by atoms with Crippen molar-refractivity contribution in [2.24, 2.45) is 28.6 Å². The number of hydrogen-bond acceptors (Lipinski definition) is 2. The number of allylic oxidation sites excluding steroid dienone is 2. The van der Waals surface area contributed by atoms with Gasteiger partial charge in [0.2, 0.25) is 0 Å². The molecular formula is C20H28O3. The molecular weight excluding hydrogens is 288 g/mol. The van der Waals surface area contributed by atoms with Gasteiger partial charge in [0.15, 0.2) is 5.78 Å². The molecule has 3 aliphatic carbocycles. The van der Waals surface area contributed by atoms with E-state index >= 15 is 0 Å². The molecule has 5 atom stereocenters. The Morgan fingerprint density at radius 1 is 1.35 bits per heavy atom. The van der Waals surface area contributed by atoms with Crippen molar-refractivity contribution in [1.29, 1.82) is 0 Å². The SMILES string of the molecule is C=C1C(=O)[C@@]23CC[C@@H](C(=C)C)[C@@](C)(CCC(=O)O)[C@H]2CC[C@@H]1C3. The van der Waals surface area contributed by atoms with Gasteiger partial charge in [0.1, 0.15) is 0 Å². The maximum atomic E-state index is 13.0. The number of carboxylic acids is 1. The molecule has 126 valence electrons. The first-order valence-corrected chi connectivity index (χ1v) is 8.83. The molecule has 0 aromatic carbocycles. The fourth-order valence-electron chi connectivity index (χ4n) is 6.24. The maximum absolute atomic E-state index is 13.0. The highest BCUT2D eigenvalue weighted by Gasteiger charge is 2.64. The lowest BCUT2D eigenvalue weighted by Gasteiger charge is -2.57. The van der Waals surface area contributed by atoms with Crippen LogP contribution in [0.5, 0.6) is 0 Å². The molecule has 3 saturated carbocycles. The van der Waals surface area contributed by atoms with Crippen LogP contribution in [0, 0.1) is 28.6 Å². The summed E-state index contributed by atoms with van der Waals surface area (Å²) in [6.45, 7) is 12.5. The predicted molar refractivity (Wildman–Crippen MR) is 89.9 cm³/mol. The first-order chi connectivity index (χ1) is 10.7. The Balaban J connectivity index is 2.02. The van der Waals surface area contributed by atoms with E-state index in [9.17, 15) is 14.7 Å². The number of Topliss-reactive ketones (excluding diaryl/α,β-unsaturated/α-hetero) is 1. The van der Waals surface area contributed by atoms with Gasteiger partial charge in [-0.25, -0.2) is 0 Å². The van der Waals surface area contributed by atoms with E-state index in [-0.39, 0.29) is 29.0 Å². The molecule has 0 amide bonds. The van der Waals surface area contributed by atoms with Gasteiger partial charge in [-0.15, -0.1) is 0 Å². The summed E-state index contributed by atoms with van der Waals surface area (Å²) in [6.07, 6.45) is 5.68. The third-order valence-corrected chi connectivity index (χ3v) is 7.26. The smallest absolute Gasteiger partial charge is 0.303 e. The first-order valence-electron chi connectivity index (χ1n) is 8.83. The van der Waals surface area contributed by atoms with Crippen LogP contribution in [0.1, 0.15) is 58.8 Å². The van der Waals surface area contributed by atoms with E-state index < -0.39 is 5.97 Å². The second-order valence-corrected chi connectivity index (χ2v) is 8.38.